The van der Waals surface area contributed by atoms with Crippen LogP contribution in [0, 0.1) is 17.8 Å². The highest BCUT2D eigenvalue weighted by molar-refractivity contribution is 5.79. The minimum atomic E-state index is -1.25. The van der Waals surface area contributed by atoms with Crippen LogP contribution in [0.1, 0.15) is 81.1 Å². The van der Waals surface area contributed by atoms with E-state index in [-0.39, 0.29) is 30.3 Å². The standard InChI is InChI=1S/C31H51NO9/c1-11-23-29(7)15-21(12-17(3)33)31(40-29)16(2)14-30(8,41-31)26(19(5)24(34)20(6)27(36)38-23)39-28-25(35)22(32(9)10)13-18(4)37-28/h15-16,18-20,22-26,28,34-35H,11-14H2,1-10H3/t16-,18-,19+,20-,22+,23-,24+,25-,26-,28+,29?,30?,31?/m1/s1. The second-order valence-electron chi connectivity index (χ2n) is 13.6. The van der Waals surface area contributed by atoms with Gasteiger partial charge in [-0.15, -0.1) is 0 Å². The molecule has 10 nitrogen and oxygen atoms in total. The number of aliphatic hydroxyl groups is 2. The number of aliphatic hydroxyl groups excluding tert-OH is 2. The minimum absolute atomic E-state index is 0.0325. The third kappa shape index (κ3) is 5.78. The lowest BCUT2D eigenvalue weighted by molar-refractivity contribution is -0.328. The molecule has 0 saturated carbocycles. The molecule has 0 aromatic carbocycles. The molecule has 3 unspecified atom stereocenters. The Morgan fingerprint density at radius 1 is 1.12 bits per heavy atom. The number of hydrogen-bond acceptors (Lipinski definition) is 10. The van der Waals surface area contributed by atoms with Crippen molar-refractivity contribution in [3.8, 4) is 0 Å². The molecule has 4 rings (SSSR count). The third-order valence-corrected chi connectivity index (χ3v) is 9.79. The Hall–Kier alpha value is -1.40. The van der Waals surface area contributed by atoms with Crippen molar-refractivity contribution in [2.75, 3.05) is 14.1 Å². The van der Waals surface area contributed by atoms with Gasteiger partial charge in [-0.1, -0.05) is 20.8 Å². The van der Waals surface area contributed by atoms with Gasteiger partial charge in [0.05, 0.1) is 29.8 Å². The Morgan fingerprint density at radius 3 is 2.37 bits per heavy atom. The lowest BCUT2D eigenvalue weighted by Gasteiger charge is -2.47. The molecule has 0 aliphatic carbocycles. The van der Waals surface area contributed by atoms with Gasteiger partial charge < -0.3 is 38.8 Å². The zero-order valence-electron chi connectivity index (χ0n) is 26.4. The first-order chi connectivity index (χ1) is 19.0. The fourth-order valence-electron chi connectivity index (χ4n) is 7.63. The summed E-state index contributed by atoms with van der Waals surface area (Å²) in [6.45, 7) is 14.7. The van der Waals surface area contributed by atoms with Gasteiger partial charge in [-0.05, 0) is 79.6 Å². The van der Waals surface area contributed by atoms with Crippen LogP contribution < -0.4 is 0 Å². The van der Waals surface area contributed by atoms with Gasteiger partial charge in [0.15, 0.2) is 12.1 Å². The number of esters is 1. The van der Waals surface area contributed by atoms with Crippen LogP contribution in [0.2, 0.25) is 0 Å². The highest BCUT2D eigenvalue weighted by Crippen LogP contribution is 2.57. The van der Waals surface area contributed by atoms with Crippen LogP contribution in [-0.4, -0.2) is 101 Å². The van der Waals surface area contributed by atoms with E-state index in [2.05, 4.69) is 0 Å². The number of Topliss-reactive ketones (excluding diaryl/α,β-unsaturated/α-hetero) is 1. The van der Waals surface area contributed by atoms with E-state index in [9.17, 15) is 19.8 Å². The first-order valence-electron chi connectivity index (χ1n) is 15.1. The minimum Gasteiger partial charge on any atom is -0.459 e. The molecule has 4 aliphatic rings. The molecule has 0 aromatic heterocycles. The molecule has 3 saturated heterocycles. The number of hydrogen-bond donors (Lipinski definition) is 2. The van der Waals surface area contributed by atoms with E-state index in [0.29, 0.717) is 24.8 Å². The zero-order chi connectivity index (χ0) is 30.7. The highest BCUT2D eigenvalue weighted by Gasteiger charge is 2.65. The summed E-state index contributed by atoms with van der Waals surface area (Å²) in [5.74, 6) is -3.51. The molecular formula is C31H51NO9. The highest BCUT2D eigenvalue weighted by atomic mass is 16.8. The Bertz CT molecular complexity index is 1030. The van der Waals surface area contributed by atoms with E-state index in [1.165, 1.54) is 6.92 Å². The van der Waals surface area contributed by atoms with Crippen molar-refractivity contribution in [1.82, 2.24) is 4.90 Å². The largest absolute Gasteiger partial charge is 0.459 e. The molecule has 1 spiro atoms. The van der Waals surface area contributed by atoms with Gasteiger partial charge >= 0.3 is 5.97 Å². The summed E-state index contributed by atoms with van der Waals surface area (Å²) in [5.41, 5.74) is -1.37. The summed E-state index contributed by atoms with van der Waals surface area (Å²) < 4.78 is 32.6. The lowest BCUT2D eigenvalue weighted by Crippen LogP contribution is -2.59. The van der Waals surface area contributed by atoms with Gasteiger partial charge in [-0.2, -0.15) is 0 Å². The number of carbonyl (C=O) groups is 2. The number of rotatable bonds is 6. The summed E-state index contributed by atoms with van der Waals surface area (Å²) >= 11 is 0. The number of ether oxygens (including phenoxy) is 5. The smallest absolute Gasteiger partial charge is 0.311 e. The van der Waals surface area contributed by atoms with Crippen molar-refractivity contribution >= 4 is 11.8 Å². The van der Waals surface area contributed by atoms with Crippen molar-refractivity contribution in [3.05, 3.63) is 11.6 Å². The van der Waals surface area contributed by atoms with E-state index < -0.39 is 65.5 Å². The monoisotopic (exact) mass is 581 g/mol. The molecule has 10 heteroatoms. The van der Waals surface area contributed by atoms with Crippen LogP contribution in [0.3, 0.4) is 0 Å². The van der Waals surface area contributed by atoms with Gasteiger partial charge in [-0.3, -0.25) is 9.59 Å². The molecule has 3 bridgehead atoms. The van der Waals surface area contributed by atoms with E-state index in [1.807, 2.05) is 66.6 Å². The molecule has 0 radical (unpaired) electrons. The number of nitrogens with zero attached hydrogens (tertiary/aromatic N) is 1. The van der Waals surface area contributed by atoms with Gasteiger partial charge in [0.2, 0.25) is 0 Å². The molecule has 41 heavy (non-hydrogen) atoms. The van der Waals surface area contributed by atoms with Crippen LogP contribution in [0.4, 0.5) is 0 Å². The van der Waals surface area contributed by atoms with Gasteiger partial charge in [-0.25, -0.2) is 0 Å². The van der Waals surface area contributed by atoms with Crippen LogP contribution in [-0.2, 0) is 33.3 Å². The summed E-state index contributed by atoms with van der Waals surface area (Å²) in [5, 5.41) is 22.9. The lowest BCUT2D eigenvalue weighted by atomic mass is 9.78. The van der Waals surface area contributed by atoms with Crippen molar-refractivity contribution in [3.63, 3.8) is 0 Å². The third-order valence-electron chi connectivity index (χ3n) is 9.79. The number of carbonyl (C=O) groups excluding carboxylic acids is 2. The molecule has 234 valence electrons. The average molecular weight is 582 g/mol. The second-order valence-corrected chi connectivity index (χ2v) is 13.6. The Labute approximate surface area is 244 Å². The van der Waals surface area contributed by atoms with E-state index in [4.69, 9.17) is 23.7 Å². The van der Waals surface area contributed by atoms with E-state index in [1.54, 1.807) is 6.92 Å². The topological polar surface area (TPSA) is 124 Å². The normalized spacial score (nSPS) is 48.8. The van der Waals surface area contributed by atoms with Gasteiger partial charge in [0, 0.05) is 24.3 Å². The van der Waals surface area contributed by atoms with E-state index in [0.717, 1.165) is 0 Å². The Morgan fingerprint density at radius 2 is 1.78 bits per heavy atom. The number of fused-ring (bicyclic) bond motifs is 2. The average Bonchev–Trinajstić information content (AvgIpc) is 3.31. The summed E-state index contributed by atoms with van der Waals surface area (Å²) in [4.78, 5) is 27.8. The summed E-state index contributed by atoms with van der Waals surface area (Å²) in [6.07, 6.45) is -1.07. The van der Waals surface area contributed by atoms with E-state index >= 15 is 0 Å². The van der Waals surface area contributed by atoms with Crippen LogP contribution in [0.15, 0.2) is 11.6 Å². The Kier molecular flexibility index (Phi) is 9.20. The number of cyclic esters (lactones) is 1. The van der Waals surface area contributed by atoms with Crippen LogP contribution in [0.25, 0.3) is 0 Å². The zero-order valence-corrected chi connectivity index (χ0v) is 26.4. The maximum Gasteiger partial charge on any atom is 0.311 e. The van der Waals surface area contributed by atoms with Crippen molar-refractivity contribution in [2.45, 2.75) is 141 Å². The molecule has 13 atom stereocenters. The predicted molar refractivity (Wildman–Crippen MR) is 151 cm³/mol. The van der Waals surface area contributed by atoms with Gasteiger partial charge in [0.25, 0.3) is 0 Å². The number of likely N-dealkylation sites (N-methyl/N-ethyl adjacent to an activating group) is 1. The first kappa shape index (κ1) is 32.5. The predicted octanol–water partition coefficient (Wildman–Crippen LogP) is 2.97. The van der Waals surface area contributed by atoms with Crippen LogP contribution >= 0.6 is 0 Å². The molecule has 0 aromatic rings. The first-order valence-corrected chi connectivity index (χ1v) is 15.1. The Balaban J connectivity index is 1.81. The maximum absolute atomic E-state index is 13.4. The fraction of sp³-hybridized carbons (Fsp3) is 0.871. The molecule has 2 N–H and O–H groups in total. The fourth-order valence-corrected chi connectivity index (χ4v) is 7.63. The molecular weight excluding hydrogens is 530 g/mol. The number of ketones is 1. The van der Waals surface area contributed by atoms with Gasteiger partial charge in [0.1, 0.15) is 23.6 Å². The van der Waals surface area contributed by atoms with Crippen molar-refractivity contribution < 1.29 is 43.5 Å². The van der Waals surface area contributed by atoms with Crippen LogP contribution in [0.5, 0.6) is 0 Å². The molecule has 4 aliphatic heterocycles. The maximum atomic E-state index is 13.4. The quantitative estimate of drug-likeness (QED) is 0.357. The second kappa shape index (κ2) is 11.6. The van der Waals surface area contributed by atoms with Crippen molar-refractivity contribution in [1.29, 1.82) is 0 Å². The van der Waals surface area contributed by atoms with Crippen molar-refractivity contribution in [2.24, 2.45) is 17.8 Å². The summed E-state index contributed by atoms with van der Waals surface area (Å²) in [6, 6.07) is -0.193. The molecule has 0 amide bonds. The molecule has 4 heterocycles. The SMILES string of the molecule is CC[C@H]1OC(=O)[C@H](C)[C@@H](O)[C@H](C)[C@@H](O[C@@H]2O[C@H](C)C[C@H](N(C)C)[C@H]2O)C2(C)C[C@@H](C)C3(OC1(C)C=C3CC(C)=O)O2. The molecule has 3 fully saturated rings. The summed E-state index contributed by atoms with van der Waals surface area (Å²) in [7, 11) is 3.82.